The van der Waals surface area contributed by atoms with Crippen LogP contribution in [-0.2, 0) is 17.1 Å². The molecule has 0 aliphatic heterocycles. The Kier molecular flexibility index (Phi) is 3.05. The van der Waals surface area contributed by atoms with Crippen molar-refractivity contribution < 1.29 is 9.90 Å². The summed E-state index contributed by atoms with van der Waals surface area (Å²) in [6.45, 7) is 1.83. The van der Waals surface area contributed by atoms with Gasteiger partial charge in [-0.15, -0.1) is 22.9 Å². The van der Waals surface area contributed by atoms with E-state index in [9.17, 15) is 4.79 Å². The Hall–Kier alpha value is -0.610. The van der Waals surface area contributed by atoms with E-state index < -0.39 is 5.97 Å². The van der Waals surface area contributed by atoms with E-state index in [4.69, 9.17) is 16.7 Å². The van der Waals surface area contributed by atoms with Gasteiger partial charge in [-0.2, -0.15) is 0 Å². The molecule has 0 spiro atoms. The molecule has 0 aliphatic carbocycles. The molecule has 0 saturated heterocycles. The second kappa shape index (κ2) is 3.87. The smallest absolute Gasteiger partial charge is 0.310 e. The third-order valence-corrected chi connectivity index (χ3v) is 2.94. The van der Waals surface area contributed by atoms with Crippen molar-refractivity contribution in [2.24, 2.45) is 0 Å². The fraction of sp³-hybridized carbons (Fsp3) is 0.429. The lowest BCUT2D eigenvalue weighted by molar-refractivity contribution is -0.136. The lowest BCUT2D eigenvalue weighted by Crippen LogP contribution is -1.98. The molecule has 0 radical (unpaired) electrons. The molecule has 1 rings (SSSR count). The van der Waals surface area contributed by atoms with Crippen LogP contribution in [0.25, 0.3) is 0 Å². The summed E-state index contributed by atoms with van der Waals surface area (Å²) in [5.41, 5.74) is 0.839. The number of aromatic nitrogens is 1. The third kappa shape index (κ3) is 2.19. The van der Waals surface area contributed by atoms with Crippen molar-refractivity contribution in [1.29, 1.82) is 0 Å². The van der Waals surface area contributed by atoms with Gasteiger partial charge in [0.1, 0.15) is 5.01 Å². The predicted octanol–water partition coefficient (Wildman–Crippen LogP) is 1.82. The van der Waals surface area contributed by atoms with E-state index >= 15 is 0 Å². The fourth-order valence-corrected chi connectivity index (χ4v) is 2.08. The number of alkyl halides is 1. The molecule has 0 fully saturated rings. The van der Waals surface area contributed by atoms with Crippen LogP contribution >= 0.6 is 22.9 Å². The van der Waals surface area contributed by atoms with Crippen LogP contribution < -0.4 is 0 Å². The van der Waals surface area contributed by atoms with Gasteiger partial charge < -0.3 is 5.11 Å². The maximum atomic E-state index is 10.3. The summed E-state index contributed by atoms with van der Waals surface area (Å²) in [6, 6.07) is 0. The zero-order valence-electron chi connectivity index (χ0n) is 6.50. The first kappa shape index (κ1) is 9.48. The number of aliphatic carboxylic acids is 1. The molecule has 66 valence electrons. The van der Waals surface area contributed by atoms with Crippen LogP contribution in [0.3, 0.4) is 0 Å². The summed E-state index contributed by atoms with van der Waals surface area (Å²) >= 11 is 6.97. The number of thiazole rings is 1. The van der Waals surface area contributed by atoms with Crippen molar-refractivity contribution in [2.75, 3.05) is 0 Å². The van der Waals surface area contributed by atoms with Crippen molar-refractivity contribution in [3.63, 3.8) is 0 Å². The first-order valence-corrected chi connectivity index (χ1v) is 4.71. The molecule has 0 amide bonds. The van der Waals surface area contributed by atoms with Crippen LogP contribution in [0.4, 0.5) is 0 Å². The summed E-state index contributed by atoms with van der Waals surface area (Å²) < 4.78 is 0. The Balaban J connectivity index is 2.82. The van der Waals surface area contributed by atoms with Crippen LogP contribution in [0.15, 0.2) is 0 Å². The monoisotopic (exact) mass is 205 g/mol. The maximum absolute atomic E-state index is 10.3. The second-order valence-corrected chi connectivity index (χ2v) is 3.76. The number of aryl methyl sites for hydroxylation is 1. The van der Waals surface area contributed by atoms with Crippen LogP contribution in [0, 0.1) is 6.92 Å². The van der Waals surface area contributed by atoms with E-state index in [1.54, 1.807) is 0 Å². The zero-order valence-corrected chi connectivity index (χ0v) is 8.08. The first-order chi connectivity index (χ1) is 5.63. The lowest BCUT2D eigenvalue weighted by Gasteiger charge is -1.85. The molecule has 0 aromatic carbocycles. The van der Waals surface area contributed by atoms with Crippen LogP contribution in [0.1, 0.15) is 15.6 Å². The van der Waals surface area contributed by atoms with E-state index in [1.165, 1.54) is 11.3 Å². The largest absolute Gasteiger partial charge is 0.481 e. The lowest BCUT2D eigenvalue weighted by atomic mass is 10.4. The van der Waals surface area contributed by atoms with Gasteiger partial charge in [-0.05, 0) is 6.92 Å². The highest BCUT2D eigenvalue weighted by Crippen LogP contribution is 2.20. The molecular formula is C7H8ClNO2S. The molecule has 1 aromatic heterocycles. The number of carboxylic acids is 1. The minimum Gasteiger partial charge on any atom is -0.481 e. The van der Waals surface area contributed by atoms with Crippen molar-refractivity contribution >= 4 is 28.9 Å². The van der Waals surface area contributed by atoms with Gasteiger partial charge in [-0.25, -0.2) is 4.98 Å². The summed E-state index contributed by atoms with van der Waals surface area (Å²) in [5, 5.41) is 9.09. The normalized spacial score (nSPS) is 10.2. The number of hydrogen-bond acceptors (Lipinski definition) is 3. The molecule has 1 aromatic rings. The van der Waals surface area contributed by atoms with Crippen LogP contribution in [0.5, 0.6) is 0 Å². The highest BCUT2D eigenvalue weighted by molar-refractivity contribution is 7.12. The topological polar surface area (TPSA) is 50.2 Å². The standard InChI is InChI=1S/C7H8ClNO2S/c1-4-5(3-8)12-6(9-4)2-7(10)11/h2-3H2,1H3,(H,10,11). The average molecular weight is 206 g/mol. The van der Waals surface area contributed by atoms with Crippen LogP contribution in [-0.4, -0.2) is 16.1 Å². The van der Waals surface area contributed by atoms with E-state index in [0.717, 1.165) is 10.6 Å². The number of carbonyl (C=O) groups is 1. The van der Waals surface area contributed by atoms with E-state index in [0.29, 0.717) is 10.9 Å². The summed E-state index contributed by atoms with van der Waals surface area (Å²) in [4.78, 5) is 15.3. The van der Waals surface area contributed by atoms with Crippen molar-refractivity contribution in [3.8, 4) is 0 Å². The van der Waals surface area contributed by atoms with Gasteiger partial charge >= 0.3 is 5.97 Å². The van der Waals surface area contributed by atoms with Crippen LogP contribution in [0.2, 0.25) is 0 Å². The zero-order chi connectivity index (χ0) is 9.14. The molecule has 5 heteroatoms. The van der Waals surface area contributed by atoms with Gasteiger partial charge in [0.05, 0.1) is 18.0 Å². The molecular weight excluding hydrogens is 198 g/mol. The van der Waals surface area contributed by atoms with Gasteiger partial charge in [0.15, 0.2) is 0 Å². The molecule has 0 saturated carbocycles. The number of carboxylic acid groups (broad SMARTS) is 1. The minimum absolute atomic E-state index is 0.0115. The number of hydrogen-bond donors (Lipinski definition) is 1. The average Bonchev–Trinajstić information content (AvgIpc) is 2.29. The Morgan fingerprint density at radius 1 is 1.75 bits per heavy atom. The first-order valence-electron chi connectivity index (χ1n) is 3.36. The molecule has 0 bridgehead atoms. The fourth-order valence-electron chi connectivity index (χ4n) is 0.817. The molecule has 0 aliphatic rings. The van der Waals surface area contributed by atoms with Crippen molar-refractivity contribution in [3.05, 3.63) is 15.6 Å². The second-order valence-electron chi connectivity index (χ2n) is 2.32. The number of rotatable bonds is 3. The minimum atomic E-state index is -0.857. The van der Waals surface area contributed by atoms with Crippen molar-refractivity contribution in [2.45, 2.75) is 19.2 Å². The highest BCUT2D eigenvalue weighted by Gasteiger charge is 2.08. The summed E-state index contributed by atoms with van der Waals surface area (Å²) in [5.74, 6) is -0.451. The number of nitrogens with zero attached hydrogens (tertiary/aromatic N) is 1. The maximum Gasteiger partial charge on any atom is 0.310 e. The number of halogens is 1. The van der Waals surface area contributed by atoms with Gasteiger partial charge in [-0.1, -0.05) is 0 Å². The molecule has 0 unspecified atom stereocenters. The Labute approximate surface area is 79.0 Å². The third-order valence-electron chi connectivity index (χ3n) is 1.36. The van der Waals surface area contributed by atoms with Crippen molar-refractivity contribution in [1.82, 2.24) is 4.98 Å². The Morgan fingerprint density at radius 2 is 2.42 bits per heavy atom. The van der Waals surface area contributed by atoms with Gasteiger partial charge in [-0.3, -0.25) is 4.79 Å². The van der Waals surface area contributed by atoms with Gasteiger partial charge in [0, 0.05) is 4.88 Å². The molecule has 12 heavy (non-hydrogen) atoms. The van der Waals surface area contributed by atoms with Gasteiger partial charge in [0.2, 0.25) is 0 Å². The van der Waals surface area contributed by atoms with Gasteiger partial charge in [0.25, 0.3) is 0 Å². The van der Waals surface area contributed by atoms with E-state index in [1.807, 2.05) is 6.92 Å². The molecule has 1 N–H and O–H groups in total. The summed E-state index contributed by atoms with van der Waals surface area (Å²) in [7, 11) is 0. The Bertz CT molecular complexity index is 298. The van der Waals surface area contributed by atoms with E-state index in [-0.39, 0.29) is 6.42 Å². The predicted molar refractivity (Wildman–Crippen MR) is 47.7 cm³/mol. The molecule has 1 heterocycles. The molecule has 3 nitrogen and oxygen atoms in total. The van der Waals surface area contributed by atoms with E-state index in [2.05, 4.69) is 4.98 Å². The summed E-state index contributed by atoms with van der Waals surface area (Å²) in [6.07, 6.45) is -0.0115. The molecule has 0 atom stereocenters. The highest BCUT2D eigenvalue weighted by atomic mass is 35.5. The Morgan fingerprint density at radius 3 is 2.83 bits per heavy atom. The quantitative estimate of drug-likeness (QED) is 0.766. The SMILES string of the molecule is Cc1nc(CC(=O)O)sc1CCl.